The molecule has 1 aliphatic heterocycles. The van der Waals surface area contributed by atoms with E-state index in [-0.39, 0.29) is 5.91 Å². The number of rotatable bonds is 6. The van der Waals surface area contributed by atoms with Gasteiger partial charge in [0.2, 0.25) is 11.1 Å². The summed E-state index contributed by atoms with van der Waals surface area (Å²) < 4.78 is 0. The zero-order chi connectivity index (χ0) is 22.5. The smallest absolute Gasteiger partial charge is 0.227 e. The molecule has 0 radical (unpaired) electrons. The summed E-state index contributed by atoms with van der Waals surface area (Å²) >= 11 is 1.47. The van der Waals surface area contributed by atoms with E-state index in [4.69, 9.17) is 4.98 Å². The molecule has 0 fully saturated rings. The fourth-order valence-electron chi connectivity index (χ4n) is 4.12. The zero-order valence-corrected chi connectivity index (χ0v) is 19.0. The maximum atomic E-state index is 12.9. The molecule has 0 saturated carbocycles. The van der Waals surface area contributed by atoms with Crippen molar-refractivity contribution in [2.24, 2.45) is 0 Å². The van der Waals surface area contributed by atoms with Crippen LogP contribution in [0.25, 0.3) is 22.5 Å². The standard InChI is InChI=1S/C27H24N4OS/c32-24(31-18-9-15-20-10-7-8-16-23(20)31)17-19-33-27-28-25(21-11-3-1-4-12-21)26(29-30-27)22-13-5-2-6-14-22/h1-8,10-14,16H,9,15,17-19H2. The van der Waals surface area contributed by atoms with Crippen LogP contribution in [0.5, 0.6) is 0 Å². The van der Waals surface area contributed by atoms with Crippen LogP contribution in [-0.2, 0) is 11.2 Å². The van der Waals surface area contributed by atoms with E-state index in [2.05, 4.69) is 16.3 Å². The molecular formula is C27H24N4OS. The van der Waals surface area contributed by atoms with Crippen molar-refractivity contribution in [3.63, 3.8) is 0 Å². The Morgan fingerprint density at radius 1 is 0.818 bits per heavy atom. The molecule has 0 aliphatic carbocycles. The van der Waals surface area contributed by atoms with E-state index in [1.807, 2.05) is 83.8 Å². The second-order valence-electron chi connectivity index (χ2n) is 7.90. The van der Waals surface area contributed by atoms with Gasteiger partial charge in [-0.3, -0.25) is 4.79 Å². The molecule has 0 N–H and O–H groups in total. The molecular weight excluding hydrogens is 428 g/mol. The number of carbonyl (C=O) groups is 1. The van der Waals surface area contributed by atoms with Crippen molar-refractivity contribution in [3.8, 4) is 22.5 Å². The lowest BCUT2D eigenvalue weighted by molar-refractivity contribution is -0.118. The van der Waals surface area contributed by atoms with E-state index in [0.29, 0.717) is 17.3 Å². The minimum atomic E-state index is 0.145. The Balaban J connectivity index is 1.32. The van der Waals surface area contributed by atoms with Gasteiger partial charge in [0.05, 0.1) is 0 Å². The minimum Gasteiger partial charge on any atom is -0.312 e. The van der Waals surface area contributed by atoms with Gasteiger partial charge in [0.25, 0.3) is 0 Å². The third-order valence-corrected chi connectivity index (χ3v) is 6.56. The lowest BCUT2D eigenvalue weighted by Crippen LogP contribution is -2.35. The largest absolute Gasteiger partial charge is 0.312 e. The quantitative estimate of drug-likeness (QED) is 0.353. The van der Waals surface area contributed by atoms with Gasteiger partial charge < -0.3 is 4.90 Å². The molecule has 0 spiro atoms. The third-order valence-electron chi connectivity index (χ3n) is 5.72. The summed E-state index contributed by atoms with van der Waals surface area (Å²) in [4.78, 5) is 19.7. The highest BCUT2D eigenvalue weighted by atomic mass is 32.2. The molecule has 0 atom stereocenters. The van der Waals surface area contributed by atoms with E-state index in [9.17, 15) is 4.79 Å². The summed E-state index contributed by atoms with van der Waals surface area (Å²) in [6, 6.07) is 28.2. The van der Waals surface area contributed by atoms with Gasteiger partial charge >= 0.3 is 0 Å². The van der Waals surface area contributed by atoms with Gasteiger partial charge in [0.15, 0.2) is 0 Å². The predicted octanol–water partition coefficient (Wildman–Crippen LogP) is 5.67. The van der Waals surface area contributed by atoms with Gasteiger partial charge in [-0.05, 0) is 24.5 Å². The highest BCUT2D eigenvalue weighted by Gasteiger charge is 2.22. The van der Waals surface area contributed by atoms with Crippen LogP contribution in [0.3, 0.4) is 0 Å². The second kappa shape index (κ2) is 9.96. The minimum absolute atomic E-state index is 0.145. The number of amides is 1. The monoisotopic (exact) mass is 452 g/mol. The second-order valence-corrected chi connectivity index (χ2v) is 8.96. The number of para-hydroxylation sites is 1. The first kappa shape index (κ1) is 21.3. The number of benzene rings is 3. The van der Waals surface area contributed by atoms with Crippen molar-refractivity contribution in [2.45, 2.75) is 24.4 Å². The van der Waals surface area contributed by atoms with Gasteiger partial charge in [0.1, 0.15) is 11.4 Å². The Morgan fingerprint density at radius 2 is 1.48 bits per heavy atom. The molecule has 1 aromatic heterocycles. The zero-order valence-electron chi connectivity index (χ0n) is 18.2. The van der Waals surface area contributed by atoms with E-state index in [0.717, 1.165) is 47.6 Å². The van der Waals surface area contributed by atoms with Gasteiger partial charge in [0, 0.05) is 35.5 Å². The lowest BCUT2D eigenvalue weighted by atomic mass is 10.0. The molecule has 5 rings (SSSR count). The molecule has 164 valence electrons. The van der Waals surface area contributed by atoms with E-state index >= 15 is 0 Å². The van der Waals surface area contributed by atoms with Crippen molar-refractivity contribution >= 4 is 23.4 Å². The molecule has 2 heterocycles. The average Bonchev–Trinajstić information content (AvgIpc) is 2.89. The van der Waals surface area contributed by atoms with Crippen LogP contribution in [0.1, 0.15) is 18.4 Å². The number of fused-ring (bicyclic) bond motifs is 1. The van der Waals surface area contributed by atoms with E-state index in [1.165, 1.54) is 17.3 Å². The summed E-state index contributed by atoms with van der Waals surface area (Å²) in [6.07, 6.45) is 2.47. The van der Waals surface area contributed by atoms with Crippen molar-refractivity contribution in [1.29, 1.82) is 0 Å². The van der Waals surface area contributed by atoms with E-state index < -0.39 is 0 Å². The topological polar surface area (TPSA) is 59.0 Å². The van der Waals surface area contributed by atoms with Crippen molar-refractivity contribution in [1.82, 2.24) is 15.2 Å². The van der Waals surface area contributed by atoms with Gasteiger partial charge in [-0.1, -0.05) is 90.6 Å². The highest BCUT2D eigenvalue weighted by Crippen LogP contribution is 2.30. The molecule has 33 heavy (non-hydrogen) atoms. The Kier molecular flexibility index (Phi) is 6.44. The summed E-state index contributed by atoms with van der Waals surface area (Å²) in [6.45, 7) is 0.780. The number of nitrogens with zero attached hydrogens (tertiary/aromatic N) is 4. The molecule has 0 unspecified atom stereocenters. The summed E-state index contributed by atoms with van der Waals surface area (Å²) in [5, 5.41) is 9.46. The summed E-state index contributed by atoms with van der Waals surface area (Å²) in [5.41, 5.74) is 5.83. The Bertz CT molecular complexity index is 1250. The molecule has 1 amide bonds. The third kappa shape index (κ3) is 4.81. The van der Waals surface area contributed by atoms with Crippen LogP contribution in [-0.4, -0.2) is 33.4 Å². The predicted molar refractivity (Wildman–Crippen MR) is 133 cm³/mol. The van der Waals surface area contributed by atoms with Crippen LogP contribution in [0.2, 0.25) is 0 Å². The number of anilines is 1. The van der Waals surface area contributed by atoms with Gasteiger partial charge in [-0.25, -0.2) is 4.98 Å². The number of hydrogen-bond donors (Lipinski definition) is 0. The Morgan fingerprint density at radius 3 is 2.24 bits per heavy atom. The van der Waals surface area contributed by atoms with Gasteiger partial charge in [-0.2, -0.15) is 0 Å². The normalized spacial score (nSPS) is 12.9. The Hall–Kier alpha value is -3.51. The fraction of sp³-hybridized carbons (Fsp3) is 0.185. The summed E-state index contributed by atoms with van der Waals surface area (Å²) in [7, 11) is 0. The van der Waals surface area contributed by atoms with Crippen LogP contribution in [0.15, 0.2) is 90.1 Å². The number of carbonyl (C=O) groups excluding carboxylic acids is 1. The fourth-order valence-corrected chi connectivity index (χ4v) is 4.83. The van der Waals surface area contributed by atoms with Crippen molar-refractivity contribution < 1.29 is 4.79 Å². The molecule has 3 aromatic carbocycles. The molecule has 0 bridgehead atoms. The van der Waals surface area contributed by atoms with Crippen molar-refractivity contribution in [2.75, 3.05) is 17.2 Å². The number of hydrogen-bond acceptors (Lipinski definition) is 5. The van der Waals surface area contributed by atoms with Gasteiger partial charge in [-0.15, -0.1) is 10.2 Å². The highest BCUT2D eigenvalue weighted by molar-refractivity contribution is 7.99. The van der Waals surface area contributed by atoms with Crippen molar-refractivity contribution in [3.05, 3.63) is 90.5 Å². The summed E-state index contributed by atoms with van der Waals surface area (Å²) in [5.74, 6) is 0.754. The first-order valence-electron chi connectivity index (χ1n) is 11.2. The van der Waals surface area contributed by atoms with E-state index in [1.54, 1.807) is 0 Å². The molecule has 1 aliphatic rings. The Labute approximate surface area is 197 Å². The maximum absolute atomic E-state index is 12.9. The number of aromatic nitrogens is 3. The SMILES string of the molecule is O=C(CCSc1nnc(-c2ccccc2)c(-c2ccccc2)n1)N1CCCc2ccccc21. The first-order valence-corrected chi connectivity index (χ1v) is 12.1. The molecule has 0 saturated heterocycles. The van der Waals surface area contributed by atoms with Crippen LogP contribution >= 0.6 is 11.8 Å². The number of thioether (sulfide) groups is 1. The maximum Gasteiger partial charge on any atom is 0.227 e. The molecule has 6 heteroatoms. The molecule has 5 nitrogen and oxygen atoms in total. The average molecular weight is 453 g/mol. The van der Waals surface area contributed by atoms with Crippen LogP contribution in [0.4, 0.5) is 5.69 Å². The number of aryl methyl sites for hydroxylation is 1. The lowest BCUT2D eigenvalue weighted by Gasteiger charge is -2.29. The van der Waals surface area contributed by atoms with Crippen LogP contribution < -0.4 is 4.90 Å². The first-order chi connectivity index (χ1) is 16.3. The molecule has 4 aromatic rings. The van der Waals surface area contributed by atoms with Crippen LogP contribution in [0, 0.1) is 0 Å².